The fraction of sp³-hybridized carbons (Fsp3) is 0.348. The van der Waals surface area contributed by atoms with Crippen molar-refractivity contribution >= 4 is 11.5 Å². The molecule has 5 nitrogen and oxygen atoms in total. The van der Waals surface area contributed by atoms with Crippen molar-refractivity contribution in [3.63, 3.8) is 0 Å². The van der Waals surface area contributed by atoms with Crippen LogP contribution in [0.15, 0.2) is 54.6 Å². The first-order valence-electron chi connectivity index (χ1n) is 9.70. The molecular weight excluding hydrogens is 352 g/mol. The van der Waals surface area contributed by atoms with Crippen LogP contribution in [-0.2, 0) is 4.79 Å². The van der Waals surface area contributed by atoms with E-state index in [1.54, 1.807) is 14.2 Å². The van der Waals surface area contributed by atoms with Crippen molar-refractivity contribution in [3.05, 3.63) is 65.7 Å². The second-order valence-electron chi connectivity index (χ2n) is 7.12. The van der Waals surface area contributed by atoms with Crippen LogP contribution in [0, 0.1) is 0 Å². The maximum Gasteiger partial charge on any atom is 0.275 e. The van der Waals surface area contributed by atoms with E-state index in [4.69, 9.17) is 9.47 Å². The molecule has 28 heavy (non-hydrogen) atoms. The third kappa shape index (κ3) is 4.93. The van der Waals surface area contributed by atoms with E-state index >= 15 is 0 Å². The summed E-state index contributed by atoms with van der Waals surface area (Å²) in [4.78, 5) is 13.9. The Balaban J connectivity index is 1.57. The van der Waals surface area contributed by atoms with Crippen LogP contribution in [0.25, 0.3) is 5.57 Å². The number of hydrogen-bond donors (Lipinski definition) is 2. The van der Waals surface area contributed by atoms with Gasteiger partial charge in [-0.05, 0) is 42.3 Å². The largest absolute Gasteiger partial charge is 0.497 e. The summed E-state index contributed by atoms with van der Waals surface area (Å²) in [7, 11) is 3.26. The number of rotatable bonds is 7. The van der Waals surface area contributed by atoms with Crippen LogP contribution in [-0.4, -0.2) is 39.8 Å². The molecule has 1 amide bonds. The highest BCUT2D eigenvalue weighted by atomic mass is 16.5. The van der Waals surface area contributed by atoms with E-state index in [1.807, 2.05) is 31.2 Å². The zero-order valence-corrected chi connectivity index (χ0v) is 16.8. The van der Waals surface area contributed by atoms with Crippen LogP contribution in [0.5, 0.6) is 11.5 Å². The predicted octanol–water partition coefficient (Wildman–Crippen LogP) is 2.25. The lowest BCUT2D eigenvalue weighted by atomic mass is 9.99. The number of quaternary nitrogens is 1. The molecule has 0 saturated carbocycles. The quantitative estimate of drug-likeness (QED) is 0.774. The maximum absolute atomic E-state index is 12.6. The normalized spacial score (nSPS) is 17.4. The Morgan fingerprint density at radius 1 is 1.14 bits per heavy atom. The minimum atomic E-state index is -0.155. The molecule has 0 saturated heterocycles. The summed E-state index contributed by atoms with van der Waals surface area (Å²) in [6.07, 6.45) is 3.25. The molecule has 3 rings (SSSR count). The average molecular weight is 381 g/mol. The van der Waals surface area contributed by atoms with Crippen molar-refractivity contribution in [2.24, 2.45) is 0 Å². The van der Waals surface area contributed by atoms with Gasteiger partial charge in [-0.2, -0.15) is 0 Å². The first-order valence-corrected chi connectivity index (χ1v) is 9.70. The highest BCUT2D eigenvalue weighted by Gasteiger charge is 2.21. The van der Waals surface area contributed by atoms with E-state index in [0.717, 1.165) is 36.6 Å². The number of methoxy groups -OCH3 is 2. The van der Waals surface area contributed by atoms with Crippen molar-refractivity contribution < 1.29 is 19.2 Å². The Labute approximate surface area is 167 Å². The molecule has 5 heteroatoms. The van der Waals surface area contributed by atoms with Crippen molar-refractivity contribution in [1.29, 1.82) is 0 Å². The van der Waals surface area contributed by atoms with Gasteiger partial charge in [0.05, 0.1) is 33.4 Å². The lowest BCUT2D eigenvalue weighted by Crippen LogP contribution is -3.13. The summed E-state index contributed by atoms with van der Waals surface area (Å²) in [6, 6.07) is 15.9. The SMILES string of the molecule is COc1ccc(OC)c([C@@H](C)NC(=O)C[NH+]2CC=C(c3ccccc3)CC2)c1. The minimum Gasteiger partial charge on any atom is -0.497 e. The fourth-order valence-electron chi connectivity index (χ4n) is 3.63. The number of amides is 1. The van der Waals surface area contributed by atoms with Crippen molar-refractivity contribution in [3.8, 4) is 11.5 Å². The van der Waals surface area contributed by atoms with Gasteiger partial charge in [-0.25, -0.2) is 0 Å². The van der Waals surface area contributed by atoms with E-state index < -0.39 is 0 Å². The van der Waals surface area contributed by atoms with Gasteiger partial charge in [0, 0.05) is 12.0 Å². The molecular formula is C23H29N2O3+. The van der Waals surface area contributed by atoms with Gasteiger partial charge in [0.25, 0.3) is 5.91 Å². The van der Waals surface area contributed by atoms with Crippen LogP contribution >= 0.6 is 0 Å². The molecule has 1 unspecified atom stereocenters. The topological polar surface area (TPSA) is 52.0 Å². The lowest BCUT2D eigenvalue weighted by Gasteiger charge is -2.24. The van der Waals surface area contributed by atoms with Crippen LogP contribution in [0.1, 0.15) is 30.5 Å². The van der Waals surface area contributed by atoms with E-state index in [9.17, 15) is 4.79 Å². The lowest BCUT2D eigenvalue weighted by molar-refractivity contribution is -0.886. The highest BCUT2D eigenvalue weighted by molar-refractivity contribution is 5.77. The van der Waals surface area contributed by atoms with Crippen molar-refractivity contribution in [2.75, 3.05) is 33.9 Å². The average Bonchev–Trinajstić information content (AvgIpc) is 2.74. The van der Waals surface area contributed by atoms with Crippen molar-refractivity contribution in [1.82, 2.24) is 5.32 Å². The number of ether oxygens (including phenoxy) is 2. The molecule has 0 radical (unpaired) electrons. The number of carbonyl (C=O) groups is 1. The third-order valence-electron chi connectivity index (χ3n) is 5.22. The summed E-state index contributed by atoms with van der Waals surface area (Å²) in [5.41, 5.74) is 3.57. The zero-order valence-electron chi connectivity index (χ0n) is 16.8. The molecule has 1 aliphatic heterocycles. The second-order valence-corrected chi connectivity index (χ2v) is 7.12. The standard InChI is InChI=1S/C23H28N2O3/c1-17(21-15-20(27-2)9-10-22(21)28-3)24-23(26)16-25-13-11-19(12-14-25)18-7-5-4-6-8-18/h4-11,15,17H,12-14,16H2,1-3H3,(H,24,26)/p+1/t17-/m1/s1. The van der Waals surface area contributed by atoms with Gasteiger partial charge < -0.3 is 19.7 Å². The number of benzene rings is 2. The molecule has 0 bridgehead atoms. The molecule has 1 aliphatic rings. The summed E-state index contributed by atoms with van der Waals surface area (Å²) in [6.45, 7) is 4.27. The Morgan fingerprint density at radius 3 is 2.57 bits per heavy atom. The molecule has 0 aromatic heterocycles. The number of carbonyl (C=O) groups excluding carboxylic acids is 1. The van der Waals surface area contributed by atoms with Gasteiger partial charge >= 0.3 is 0 Å². The highest BCUT2D eigenvalue weighted by Crippen LogP contribution is 2.29. The zero-order chi connectivity index (χ0) is 19.9. The van der Waals surface area contributed by atoms with Gasteiger partial charge in [0.1, 0.15) is 11.5 Å². The monoisotopic (exact) mass is 381 g/mol. The molecule has 2 aromatic carbocycles. The summed E-state index contributed by atoms with van der Waals surface area (Å²) in [5, 5.41) is 3.10. The van der Waals surface area contributed by atoms with Gasteiger partial charge in [-0.1, -0.05) is 30.3 Å². The summed E-state index contributed by atoms with van der Waals surface area (Å²) in [5.74, 6) is 1.54. The van der Waals surface area contributed by atoms with E-state index in [2.05, 4.69) is 35.7 Å². The Kier molecular flexibility index (Phi) is 6.71. The van der Waals surface area contributed by atoms with Gasteiger partial charge in [-0.15, -0.1) is 0 Å². The maximum atomic E-state index is 12.6. The van der Waals surface area contributed by atoms with Gasteiger partial charge in [-0.3, -0.25) is 4.79 Å². The molecule has 0 spiro atoms. The minimum absolute atomic E-state index is 0.0453. The molecule has 0 aliphatic carbocycles. The Hall–Kier alpha value is -2.79. The number of hydrogen-bond acceptors (Lipinski definition) is 3. The Bertz CT molecular complexity index is 833. The van der Waals surface area contributed by atoms with Crippen LogP contribution in [0.4, 0.5) is 0 Å². The molecule has 2 atom stereocenters. The fourth-order valence-corrected chi connectivity index (χ4v) is 3.63. The predicted molar refractivity (Wildman–Crippen MR) is 111 cm³/mol. The Morgan fingerprint density at radius 2 is 1.93 bits per heavy atom. The van der Waals surface area contributed by atoms with E-state index in [0.29, 0.717) is 6.54 Å². The first-order chi connectivity index (χ1) is 13.6. The molecule has 148 valence electrons. The smallest absolute Gasteiger partial charge is 0.275 e. The van der Waals surface area contributed by atoms with Crippen LogP contribution < -0.4 is 19.7 Å². The molecule has 2 aromatic rings. The summed E-state index contributed by atoms with van der Waals surface area (Å²) >= 11 is 0. The van der Waals surface area contributed by atoms with Crippen molar-refractivity contribution in [2.45, 2.75) is 19.4 Å². The summed E-state index contributed by atoms with van der Waals surface area (Å²) < 4.78 is 10.7. The molecule has 1 heterocycles. The van der Waals surface area contributed by atoms with Crippen LogP contribution in [0.2, 0.25) is 0 Å². The molecule has 0 fully saturated rings. The number of nitrogens with one attached hydrogen (secondary N) is 2. The second kappa shape index (κ2) is 9.42. The molecule has 2 N–H and O–H groups in total. The van der Waals surface area contributed by atoms with Gasteiger partial charge in [0.2, 0.25) is 0 Å². The third-order valence-corrected chi connectivity index (χ3v) is 5.22. The van der Waals surface area contributed by atoms with Gasteiger partial charge in [0.15, 0.2) is 6.54 Å². The van der Waals surface area contributed by atoms with Crippen LogP contribution in [0.3, 0.4) is 0 Å². The van der Waals surface area contributed by atoms with E-state index in [-0.39, 0.29) is 11.9 Å². The van der Waals surface area contributed by atoms with E-state index in [1.165, 1.54) is 16.0 Å². The first kappa shape index (κ1) is 20.0.